The molecule has 0 unspecified atom stereocenters. The number of benzene rings is 1. The van der Waals surface area contributed by atoms with Crippen molar-refractivity contribution in [2.75, 3.05) is 17.7 Å². The molecule has 142 valence electrons. The molecule has 0 radical (unpaired) electrons. The average Bonchev–Trinajstić information content (AvgIpc) is 3.12. The van der Waals surface area contributed by atoms with Crippen LogP contribution >= 0.6 is 21.6 Å². The Labute approximate surface area is 160 Å². The van der Waals surface area contributed by atoms with Gasteiger partial charge >= 0.3 is 5.97 Å². The van der Waals surface area contributed by atoms with E-state index in [0.29, 0.717) is 22.9 Å². The van der Waals surface area contributed by atoms with Crippen molar-refractivity contribution in [3.05, 3.63) is 33.9 Å². The highest BCUT2D eigenvalue weighted by Crippen LogP contribution is 2.39. The lowest BCUT2D eigenvalue weighted by atomic mass is 10.1. The first-order chi connectivity index (χ1) is 12.5. The Balaban J connectivity index is 1.64. The average molecular weight is 399 g/mol. The third-order valence-corrected chi connectivity index (χ3v) is 6.95. The predicted octanol–water partition coefficient (Wildman–Crippen LogP) is 4.10. The molecule has 9 heteroatoms. The van der Waals surface area contributed by atoms with E-state index in [0.717, 1.165) is 19.3 Å². The first-order valence-electron chi connectivity index (χ1n) is 8.44. The predicted molar refractivity (Wildman–Crippen MR) is 104 cm³/mol. The third kappa shape index (κ3) is 6.87. The van der Waals surface area contributed by atoms with E-state index in [9.17, 15) is 19.7 Å². The number of nitro benzene ring substituents is 1. The molecular formula is C17H22N2O5S2. The molecule has 1 heterocycles. The van der Waals surface area contributed by atoms with Crippen molar-refractivity contribution < 1.29 is 19.2 Å². The van der Waals surface area contributed by atoms with Crippen molar-refractivity contribution >= 4 is 44.8 Å². The highest BCUT2D eigenvalue weighted by molar-refractivity contribution is 8.77. The van der Waals surface area contributed by atoms with Crippen LogP contribution in [0.4, 0.5) is 11.4 Å². The summed E-state index contributed by atoms with van der Waals surface area (Å²) >= 11 is 0. The summed E-state index contributed by atoms with van der Waals surface area (Å²) in [7, 11) is 3.84. The number of ether oxygens (including phenoxy) is 1. The molecule has 2 rings (SSSR count). The van der Waals surface area contributed by atoms with Gasteiger partial charge in [-0.3, -0.25) is 19.7 Å². The quantitative estimate of drug-likeness (QED) is 0.220. The van der Waals surface area contributed by atoms with Gasteiger partial charge in [0, 0.05) is 35.2 Å². The Morgan fingerprint density at radius 1 is 1.38 bits per heavy atom. The van der Waals surface area contributed by atoms with Crippen LogP contribution < -0.4 is 5.32 Å². The van der Waals surface area contributed by atoms with E-state index >= 15 is 0 Å². The topological polar surface area (TPSA) is 98.5 Å². The summed E-state index contributed by atoms with van der Waals surface area (Å²) in [6.45, 7) is 1.31. The van der Waals surface area contributed by atoms with Crippen LogP contribution in [0.25, 0.3) is 0 Å². The van der Waals surface area contributed by atoms with E-state index in [1.165, 1.54) is 30.4 Å². The van der Waals surface area contributed by atoms with Gasteiger partial charge in [-0.25, -0.2) is 0 Å². The second-order valence-corrected chi connectivity index (χ2v) is 8.83. The standard InChI is InChI=1S/C17H22N2O5S2/c1-12-10-13(19(22)23)6-7-15(12)18-16(20)11-24-17(21)5-3-2-4-14-8-9-25-26-14/h6-7,10,14H,2-5,8-9,11H2,1H3,(H,18,20)/t14-/m0/s1. The van der Waals surface area contributed by atoms with E-state index < -0.39 is 10.8 Å². The fraction of sp³-hybridized carbons (Fsp3) is 0.529. The maximum atomic E-state index is 11.9. The minimum Gasteiger partial charge on any atom is -0.456 e. The molecule has 1 fully saturated rings. The van der Waals surface area contributed by atoms with Crippen molar-refractivity contribution in [2.45, 2.75) is 44.3 Å². The molecule has 26 heavy (non-hydrogen) atoms. The van der Waals surface area contributed by atoms with Crippen molar-refractivity contribution in [3.8, 4) is 0 Å². The number of carbonyl (C=O) groups excluding carboxylic acids is 2. The third-order valence-electron chi connectivity index (χ3n) is 3.94. The number of anilines is 1. The van der Waals surface area contributed by atoms with Crippen LogP contribution in [-0.2, 0) is 14.3 Å². The summed E-state index contributed by atoms with van der Waals surface area (Å²) in [6.07, 6.45) is 4.42. The highest BCUT2D eigenvalue weighted by Gasteiger charge is 2.16. The van der Waals surface area contributed by atoms with E-state index in [-0.39, 0.29) is 18.3 Å². The Morgan fingerprint density at radius 2 is 2.19 bits per heavy atom. The van der Waals surface area contributed by atoms with Crippen molar-refractivity contribution in [1.29, 1.82) is 0 Å². The van der Waals surface area contributed by atoms with Gasteiger partial charge < -0.3 is 10.1 Å². The molecule has 0 bridgehead atoms. The molecule has 1 aliphatic heterocycles. The molecule has 0 spiro atoms. The Bertz CT molecular complexity index is 663. The Hall–Kier alpha value is -1.74. The SMILES string of the molecule is Cc1cc([N+](=O)[O-])ccc1NC(=O)COC(=O)CCCC[C@H]1CCSS1. The molecule has 1 amide bonds. The van der Waals surface area contributed by atoms with Gasteiger partial charge in [0.15, 0.2) is 6.61 Å². The second-order valence-electron chi connectivity index (χ2n) is 6.04. The van der Waals surface area contributed by atoms with E-state index in [1.807, 2.05) is 21.6 Å². The number of nitro groups is 1. The van der Waals surface area contributed by atoms with Gasteiger partial charge in [-0.1, -0.05) is 28.0 Å². The van der Waals surface area contributed by atoms with Crippen LogP contribution in [0.15, 0.2) is 18.2 Å². The van der Waals surface area contributed by atoms with E-state index in [4.69, 9.17) is 4.74 Å². The second kappa shape index (κ2) is 10.4. The molecule has 0 aliphatic carbocycles. The number of aryl methyl sites for hydroxylation is 1. The molecule has 0 aromatic heterocycles. The number of non-ortho nitro benzene ring substituents is 1. The number of esters is 1. The highest BCUT2D eigenvalue weighted by atomic mass is 33.1. The van der Waals surface area contributed by atoms with Gasteiger partial charge in [-0.2, -0.15) is 0 Å². The van der Waals surface area contributed by atoms with Crippen molar-refractivity contribution in [2.24, 2.45) is 0 Å². The summed E-state index contributed by atoms with van der Waals surface area (Å²) in [5.41, 5.74) is 0.993. The summed E-state index contributed by atoms with van der Waals surface area (Å²) in [6, 6.07) is 4.16. The number of unbranched alkanes of at least 4 members (excludes halogenated alkanes) is 1. The van der Waals surface area contributed by atoms with Crippen LogP contribution in [0.2, 0.25) is 0 Å². The van der Waals surface area contributed by atoms with Gasteiger partial charge in [-0.15, -0.1) is 0 Å². The molecule has 1 aromatic carbocycles. The first kappa shape index (κ1) is 20.6. The van der Waals surface area contributed by atoms with Crippen LogP contribution in [-0.4, -0.2) is 34.4 Å². The van der Waals surface area contributed by atoms with Gasteiger partial charge in [0.1, 0.15) is 0 Å². The number of nitrogens with one attached hydrogen (secondary N) is 1. The lowest BCUT2D eigenvalue weighted by Crippen LogP contribution is -2.21. The van der Waals surface area contributed by atoms with E-state index in [1.54, 1.807) is 6.92 Å². The Kier molecular flexibility index (Phi) is 8.24. The van der Waals surface area contributed by atoms with Crippen LogP contribution in [0, 0.1) is 17.0 Å². The normalized spacial score (nSPS) is 16.3. The number of carbonyl (C=O) groups is 2. The molecule has 7 nitrogen and oxygen atoms in total. The minimum absolute atomic E-state index is 0.0403. The smallest absolute Gasteiger partial charge is 0.306 e. The largest absolute Gasteiger partial charge is 0.456 e. The van der Waals surface area contributed by atoms with Gasteiger partial charge in [0.05, 0.1) is 4.92 Å². The van der Waals surface area contributed by atoms with Crippen LogP contribution in [0.3, 0.4) is 0 Å². The molecular weight excluding hydrogens is 376 g/mol. The minimum atomic E-state index is -0.495. The first-order valence-corrected chi connectivity index (χ1v) is 10.8. The maximum Gasteiger partial charge on any atom is 0.306 e. The maximum absolute atomic E-state index is 11.9. The fourth-order valence-electron chi connectivity index (χ4n) is 2.51. The van der Waals surface area contributed by atoms with Gasteiger partial charge in [-0.05, 0) is 37.8 Å². The molecule has 1 saturated heterocycles. The van der Waals surface area contributed by atoms with Gasteiger partial charge in [0.2, 0.25) is 0 Å². The number of rotatable bonds is 9. The summed E-state index contributed by atoms with van der Waals surface area (Å²) in [5.74, 6) is 0.365. The molecule has 1 atom stereocenters. The lowest BCUT2D eigenvalue weighted by Gasteiger charge is -2.09. The van der Waals surface area contributed by atoms with Crippen molar-refractivity contribution in [1.82, 2.24) is 0 Å². The van der Waals surface area contributed by atoms with Crippen molar-refractivity contribution in [3.63, 3.8) is 0 Å². The fourth-order valence-corrected chi connectivity index (χ4v) is 5.54. The molecule has 0 saturated carbocycles. The number of hydrogen-bond acceptors (Lipinski definition) is 7. The summed E-state index contributed by atoms with van der Waals surface area (Å²) in [4.78, 5) is 33.8. The molecule has 1 N–H and O–H groups in total. The molecule has 1 aromatic rings. The number of hydrogen-bond donors (Lipinski definition) is 1. The zero-order valence-electron chi connectivity index (χ0n) is 14.6. The van der Waals surface area contributed by atoms with Crippen LogP contribution in [0.1, 0.15) is 37.7 Å². The zero-order valence-corrected chi connectivity index (χ0v) is 16.2. The Morgan fingerprint density at radius 3 is 2.85 bits per heavy atom. The monoisotopic (exact) mass is 398 g/mol. The molecule has 1 aliphatic rings. The lowest BCUT2D eigenvalue weighted by molar-refractivity contribution is -0.384. The van der Waals surface area contributed by atoms with Crippen LogP contribution in [0.5, 0.6) is 0 Å². The number of amides is 1. The number of nitrogens with zero attached hydrogens (tertiary/aromatic N) is 1. The van der Waals surface area contributed by atoms with E-state index in [2.05, 4.69) is 5.32 Å². The summed E-state index contributed by atoms with van der Waals surface area (Å²) in [5, 5.41) is 14.0. The zero-order chi connectivity index (χ0) is 18.9. The van der Waals surface area contributed by atoms with Gasteiger partial charge in [0.25, 0.3) is 11.6 Å². The summed E-state index contributed by atoms with van der Waals surface area (Å²) < 4.78 is 4.98.